The smallest absolute Gasteiger partial charge is 0.220 e. The van der Waals surface area contributed by atoms with Crippen molar-refractivity contribution in [3.8, 4) is 0 Å². The Kier molecular flexibility index (Phi) is 7.17. The van der Waals surface area contributed by atoms with Gasteiger partial charge in [0.2, 0.25) is 5.91 Å². The number of aryl methyl sites for hydroxylation is 2. The maximum atomic E-state index is 12.0. The van der Waals surface area contributed by atoms with Gasteiger partial charge in [0.1, 0.15) is 0 Å². The van der Waals surface area contributed by atoms with Gasteiger partial charge in [0.15, 0.2) is 0 Å². The van der Waals surface area contributed by atoms with Gasteiger partial charge in [-0.2, -0.15) is 0 Å². The van der Waals surface area contributed by atoms with Gasteiger partial charge in [-0.1, -0.05) is 22.4 Å². The van der Waals surface area contributed by atoms with Crippen LogP contribution in [0, 0.1) is 19.8 Å². The lowest BCUT2D eigenvalue weighted by atomic mass is 9.99. The zero-order chi connectivity index (χ0) is 14.7. The summed E-state index contributed by atoms with van der Waals surface area (Å²) in [6.45, 7) is 4.75. The molecule has 1 amide bonds. The van der Waals surface area contributed by atoms with Crippen LogP contribution in [-0.4, -0.2) is 11.9 Å². The molecule has 3 nitrogen and oxygen atoms in total. The number of carbonyl (C=O) groups is 1. The van der Waals surface area contributed by atoms with Gasteiger partial charge in [0, 0.05) is 23.5 Å². The Bertz CT molecular complexity index is 484. The third kappa shape index (κ3) is 4.97. The Morgan fingerprint density at radius 2 is 1.95 bits per heavy atom. The summed E-state index contributed by atoms with van der Waals surface area (Å²) in [6, 6.07) is 4.37. The quantitative estimate of drug-likeness (QED) is 0.844. The molecular formula is C16H24BrClN2O. The maximum Gasteiger partial charge on any atom is 0.220 e. The molecule has 0 radical (unpaired) electrons. The van der Waals surface area contributed by atoms with Crippen molar-refractivity contribution in [1.82, 2.24) is 5.32 Å². The van der Waals surface area contributed by atoms with Crippen LogP contribution < -0.4 is 11.1 Å². The molecule has 118 valence electrons. The third-order valence-electron chi connectivity index (χ3n) is 4.29. The highest BCUT2D eigenvalue weighted by Crippen LogP contribution is 2.26. The highest BCUT2D eigenvalue weighted by atomic mass is 79.9. The van der Waals surface area contributed by atoms with Crippen LogP contribution in [0.4, 0.5) is 0 Å². The van der Waals surface area contributed by atoms with Crippen LogP contribution in [0.3, 0.4) is 0 Å². The predicted molar refractivity (Wildman–Crippen MR) is 92.6 cm³/mol. The number of hydrogen-bond donors (Lipinski definition) is 2. The zero-order valence-corrected chi connectivity index (χ0v) is 15.0. The number of hydrogen-bond acceptors (Lipinski definition) is 2. The largest absolute Gasteiger partial charge is 0.352 e. The normalized spacial score (nSPS) is 21.0. The van der Waals surface area contributed by atoms with E-state index in [2.05, 4.69) is 47.2 Å². The molecule has 0 aromatic heterocycles. The molecule has 21 heavy (non-hydrogen) atoms. The monoisotopic (exact) mass is 374 g/mol. The van der Waals surface area contributed by atoms with E-state index in [4.69, 9.17) is 5.73 Å². The van der Waals surface area contributed by atoms with Crippen molar-refractivity contribution < 1.29 is 4.79 Å². The molecule has 0 aliphatic heterocycles. The zero-order valence-electron chi connectivity index (χ0n) is 12.6. The van der Waals surface area contributed by atoms with Gasteiger partial charge in [0.05, 0.1) is 0 Å². The van der Waals surface area contributed by atoms with Crippen molar-refractivity contribution in [3.05, 3.63) is 33.3 Å². The first-order valence-corrected chi connectivity index (χ1v) is 8.04. The van der Waals surface area contributed by atoms with E-state index in [1.807, 2.05) is 0 Å². The lowest BCUT2D eigenvalue weighted by molar-refractivity contribution is -0.122. The highest BCUT2D eigenvalue weighted by molar-refractivity contribution is 9.10. The highest BCUT2D eigenvalue weighted by Gasteiger charge is 2.25. The minimum atomic E-state index is 0. The minimum absolute atomic E-state index is 0. The van der Waals surface area contributed by atoms with Crippen LogP contribution in [-0.2, 0) is 11.3 Å². The van der Waals surface area contributed by atoms with E-state index in [1.54, 1.807) is 0 Å². The number of nitrogens with one attached hydrogen (secondary N) is 1. The molecule has 1 aliphatic rings. The van der Waals surface area contributed by atoms with Crippen molar-refractivity contribution in [3.63, 3.8) is 0 Å². The van der Waals surface area contributed by atoms with Crippen LogP contribution in [0.15, 0.2) is 16.6 Å². The minimum Gasteiger partial charge on any atom is -0.352 e. The topological polar surface area (TPSA) is 55.1 Å². The van der Waals surface area contributed by atoms with Gasteiger partial charge >= 0.3 is 0 Å². The van der Waals surface area contributed by atoms with E-state index in [1.165, 1.54) is 16.7 Å². The van der Waals surface area contributed by atoms with Crippen molar-refractivity contribution in [2.24, 2.45) is 11.7 Å². The third-order valence-corrected chi connectivity index (χ3v) is 4.75. The number of rotatable bonds is 4. The Labute approximate surface area is 141 Å². The second-order valence-corrected chi connectivity index (χ2v) is 6.77. The van der Waals surface area contributed by atoms with Gasteiger partial charge in [-0.3, -0.25) is 4.79 Å². The fraction of sp³-hybridized carbons (Fsp3) is 0.562. The molecule has 2 atom stereocenters. The first-order chi connectivity index (χ1) is 9.47. The lowest BCUT2D eigenvalue weighted by Gasteiger charge is -2.16. The molecular weight excluding hydrogens is 352 g/mol. The fourth-order valence-corrected chi connectivity index (χ4v) is 3.72. The fourth-order valence-electron chi connectivity index (χ4n) is 3.04. The molecule has 0 heterocycles. The summed E-state index contributed by atoms with van der Waals surface area (Å²) in [5.41, 5.74) is 9.63. The van der Waals surface area contributed by atoms with Crippen LogP contribution in [0.25, 0.3) is 0 Å². The summed E-state index contributed by atoms with van der Waals surface area (Å²) in [5, 5.41) is 3.04. The second kappa shape index (κ2) is 8.16. The Morgan fingerprint density at radius 1 is 1.33 bits per heavy atom. The van der Waals surface area contributed by atoms with E-state index in [9.17, 15) is 4.79 Å². The number of halogens is 2. The van der Waals surface area contributed by atoms with E-state index in [0.29, 0.717) is 18.9 Å². The van der Waals surface area contributed by atoms with Gasteiger partial charge in [-0.25, -0.2) is 0 Å². The molecule has 1 aromatic rings. The Balaban J connectivity index is 0.00000220. The lowest BCUT2D eigenvalue weighted by Crippen LogP contribution is -2.31. The first-order valence-electron chi connectivity index (χ1n) is 7.25. The summed E-state index contributed by atoms with van der Waals surface area (Å²) < 4.78 is 1.08. The van der Waals surface area contributed by atoms with Crippen LogP contribution in [0.2, 0.25) is 0 Å². The molecule has 2 rings (SSSR count). The van der Waals surface area contributed by atoms with Gasteiger partial charge < -0.3 is 11.1 Å². The molecule has 1 aromatic carbocycles. The maximum absolute atomic E-state index is 12.0. The number of benzene rings is 1. The first kappa shape index (κ1) is 18.5. The number of amides is 1. The second-order valence-electron chi connectivity index (χ2n) is 5.85. The van der Waals surface area contributed by atoms with E-state index < -0.39 is 0 Å². The molecule has 0 bridgehead atoms. The van der Waals surface area contributed by atoms with Gasteiger partial charge in [-0.05, 0) is 61.4 Å². The van der Waals surface area contributed by atoms with Crippen LogP contribution in [0.5, 0.6) is 0 Å². The van der Waals surface area contributed by atoms with Crippen molar-refractivity contribution in [2.75, 3.05) is 0 Å². The molecule has 0 saturated heterocycles. The van der Waals surface area contributed by atoms with Gasteiger partial charge in [0.25, 0.3) is 0 Å². The average molecular weight is 376 g/mol. The molecule has 1 aliphatic carbocycles. The summed E-state index contributed by atoms with van der Waals surface area (Å²) in [6.07, 6.45) is 3.87. The Morgan fingerprint density at radius 3 is 2.48 bits per heavy atom. The molecule has 3 N–H and O–H groups in total. The van der Waals surface area contributed by atoms with Crippen LogP contribution in [0.1, 0.15) is 42.4 Å². The summed E-state index contributed by atoms with van der Waals surface area (Å²) in [5.74, 6) is 0.483. The Hall–Kier alpha value is -0.580. The van der Waals surface area contributed by atoms with Crippen molar-refractivity contribution in [1.29, 1.82) is 0 Å². The van der Waals surface area contributed by atoms with E-state index in [-0.39, 0.29) is 24.4 Å². The van der Waals surface area contributed by atoms with Crippen molar-refractivity contribution in [2.45, 2.75) is 52.1 Å². The van der Waals surface area contributed by atoms with Gasteiger partial charge in [-0.15, -0.1) is 12.4 Å². The van der Waals surface area contributed by atoms with E-state index >= 15 is 0 Å². The predicted octanol–water partition coefficient (Wildman–Crippen LogP) is 3.62. The van der Waals surface area contributed by atoms with E-state index in [0.717, 1.165) is 23.7 Å². The number of nitrogens with two attached hydrogens (primary N) is 1. The summed E-state index contributed by atoms with van der Waals surface area (Å²) in [7, 11) is 0. The van der Waals surface area contributed by atoms with Crippen LogP contribution >= 0.6 is 28.3 Å². The molecule has 1 fully saturated rings. The summed E-state index contributed by atoms with van der Waals surface area (Å²) >= 11 is 3.49. The SMILES string of the molecule is Cc1cc(Br)cc(C)c1CNC(=O)C[C@@H]1CCC[C@H]1N.Cl. The number of carbonyl (C=O) groups excluding carboxylic acids is 1. The standard InChI is InChI=1S/C16H23BrN2O.ClH/c1-10-6-13(17)7-11(2)14(10)9-19-16(20)8-12-4-3-5-15(12)18;/h6-7,12,15H,3-5,8-9,18H2,1-2H3,(H,19,20);1H/t12-,15+;/m0./s1. The van der Waals surface area contributed by atoms with Crippen molar-refractivity contribution >= 4 is 34.2 Å². The molecule has 5 heteroatoms. The average Bonchev–Trinajstić information content (AvgIpc) is 2.73. The molecule has 0 unspecified atom stereocenters. The molecule has 0 spiro atoms. The summed E-state index contributed by atoms with van der Waals surface area (Å²) in [4.78, 5) is 12.0. The molecule has 1 saturated carbocycles.